The second kappa shape index (κ2) is 4.23. The first kappa shape index (κ1) is 9.98. The molecule has 1 aromatic rings. The zero-order valence-corrected chi connectivity index (χ0v) is 7.14. The Morgan fingerprint density at radius 3 is 2.29 bits per heavy atom. The van der Waals surface area contributed by atoms with Crippen LogP contribution in [-0.4, -0.2) is 16.9 Å². The Morgan fingerprint density at radius 2 is 1.79 bits per heavy atom. The second-order valence-corrected chi connectivity index (χ2v) is 2.54. The fourth-order valence-electron chi connectivity index (χ4n) is 0.867. The van der Waals surface area contributed by atoms with E-state index < -0.39 is 17.5 Å². The molecule has 0 amide bonds. The van der Waals surface area contributed by atoms with Crippen LogP contribution < -0.4 is 5.11 Å². The van der Waals surface area contributed by atoms with Crippen molar-refractivity contribution in [3.8, 4) is 0 Å². The third-order valence-electron chi connectivity index (χ3n) is 1.53. The van der Waals surface area contributed by atoms with Gasteiger partial charge in [0, 0.05) is 0 Å². The number of carboxylic acid groups (broad SMARTS) is 1. The Kier molecular flexibility index (Phi) is 3.01. The Balaban J connectivity index is 2.91. The summed E-state index contributed by atoms with van der Waals surface area (Å²) in [5.74, 6) is -3.44. The monoisotopic (exact) mass is 191 g/mol. The first-order valence-corrected chi connectivity index (χ1v) is 3.82. The van der Waals surface area contributed by atoms with Crippen molar-refractivity contribution >= 4 is 17.5 Å². The molecule has 0 atom stereocenters. The van der Waals surface area contributed by atoms with Gasteiger partial charge in [0.25, 0.3) is 5.78 Å². The van der Waals surface area contributed by atoms with Crippen LogP contribution >= 0.6 is 0 Å². The molecule has 4 heteroatoms. The van der Waals surface area contributed by atoms with Gasteiger partial charge in [0.2, 0.25) is 0 Å². The Labute approximate surface area is 80.1 Å². The van der Waals surface area contributed by atoms with E-state index in [4.69, 9.17) is 5.11 Å². The van der Waals surface area contributed by atoms with Crippen LogP contribution in [0.1, 0.15) is 5.56 Å². The highest BCUT2D eigenvalue weighted by Gasteiger charge is 2.06. The van der Waals surface area contributed by atoms with Crippen LogP contribution in [-0.2, 0) is 9.59 Å². The Hall–Kier alpha value is -2.10. The summed E-state index contributed by atoms with van der Waals surface area (Å²) in [7, 11) is 0. The van der Waals surface area contributed by atoms with Gasteiger partial charge in [0.05, 0.1) is 0 Å². The number of carbonyl (C=O) groups excluding carboxylic acids is 1. The largest absolute Gasteiger partial charge is 0.872 e. The summed E-state index contributed by atoms with van der Waals surface area (Å²) in [6.45, 7) is 0. The summed E-state index contributed by atoms with van der Waals surface area (Å²) in [5.41, 5.74) is 0.294. The van der Waals surface area contributed by atoms with E-state index in [9.17, 15) is 14.7 Å². The lowest BCUT2D eigenvalue weighted by atomic mass is 10.1. The molecule has 0 saturated carbocycles. The molecule has 0 aliphatic rings. The maximum absolute atomic E-state index is 11.2. The van der Waals surface area contributed by atoms with Crippen LogP contribution in [0.3, 0.4) is 0 Å². The number of carbonyl (C=O) groups is 2. The molecule has 0 saturated heterocycles. The van der Waals surface area contributed by atoms with Gasteiger partial charge in [-0.1, -0.05) is 36.1 Å². The number of benzene rings is 1. The minimum atomic E-state index is -1.63. The predicted molar refractivity (Wildman–Crippen MR) is 47.1 cm³/mol. The normalized spacial score (nSPS) is 11.0. The third-order valence-corrected chi connectivity index (χ3v) is 1.53. The van der Waals surface area contributed by atoms with Crippen molar-refractivity contribution in [3.63, 3.8) is 0 Å². The van der Waals surface area contributed by atoms with Crippen LogP contribution in [0.15, 0.2) is 36.4 Å². The summed E-state index contributed by atoms with van der Waals surface area (Å²) in [6, 6.07) is 8.00. The molecule has 0 aliphatic heterocycles. The van der Waals surface area contributed by atoms with Crippen LogP contribution in [0.5, 0.6) is 0 Å². The van der Waals surface area contributed by atoms with E-state index in [-0.39, 0.29) is 0 Å². The molecule has 0 bridgehead atoms. The quantitative estimate of drug-likeness (QED) is 0.415. The molecule has 14 heavy (non-hydrogen) atoms. The summed E-state index contributed by atoms with van der Waals surface area (Å²) in [4.78, 5) is 20.8. The van der Waals surface area contributed by atoms with Gasteiger partial charge in [-0.25, -0.2) is 4.79 Å². The maximum atomic E-state index is 11.2. The molecule has 1 aromatic carbocycles. The minimum absolute atomic E-state index is 0.294. The zero-order chi connectivity index (χ0) is 10.6. The van der Waals surface area contributed by atoms with Gasteiger partial charge in [-0.2, -0.15) is 0 Å². The Morgan fingerprint density at radius 1 is 1.21 bits per heavy atom. The van der Waals surface area contributed by atoms with E-state index >= 15 is 0 Å². The van der Waals surface area contributed by atoms with Gasteiger partial charge >= 0.3 is 5.97 Å². The summed E-state index contributed by atoms with van der Waals surface area (Å²) in [5, 5.41) is 19.5. The van der Waals surface area contributed by atoms with Gasteiger partial charge in [0.15, 0.2) is 0 Å². The number of rotatable bonds is 3. The molecular weight excluding hydrogens is 184 g/mol. The van der Waals surface area contributed by atoms with Crippen molar-refractivity contribution < 1.29 is 19.8 Å². The standard InChI is InChI=1S/C10H8O4/c11-8(6-9(12)10(13)14)7-4-2-1-3-5-7/h1-6,11H,(H,13,14)/p-1/b8-6-. The fourth-order valence-corrected chi connectivity index (χ4v) is 0.867. The van der Waals surface area contributed by atoms with Gasteiger partial charge in [-0.05, 0) is 11.6 Å². The number of hydrogen-bond donors (Lipinski definition) is 1. The summed E-state index contributed by atoms with van der Waals surface area (Å²) in [6.07, 6.45) is 0.567. The average Bonchev–Trinajstić information content (AvgIpc) is 2.19. The van der Waals surface area contributed by atoms with Gasteiger partial charge in [0.1, 0.15) is 0 Å². The van der Waals surface area contributed by atoms with Crippen molar-refractivity contribution in [1.82, 2.24) is 0 Å². The first-order valence-electron chi connectivity index (χ1n) is 3.82. The molecular formula is C10H7O4-. The second-order valence-electron chi connectivity index (χ2n) is 2.54. The SMILES string of the molecule is O=C(O)C(=O)/C=C(\[O-])c1ccccc1. The topological polar surface area (TPSA) is 77.4 Å². The Bertz CT molecular complexity index is 378. The predicted octanol–water partition coefficient (Wildman–Crippen LogP) is 0.0415. The van der Waals surface area contributed by atoms with Crippen LogP contribution in [0.4, 0.5) is 0 Å². The molecule has 0 fully saturated rings. The molecule has 0 heterocycles. The smallest absolute Gasteiger partial charge is 0.376 e. The number of hydrogen-bond acceptors (Lipinski definition) is 3. The molecule has 0 radical (unpaired) electrons. The summed E-state index contributed by atoms with van der Waals surface area (Å²) < 4.78 is 0. The number of carboxylic acids is 1. The summed E-state index contributed by atoms with van der Waals surface area (Å²) >= 11 is 0. The van der Waals surface area contributed by atoms with Gasteiger partial charge < -0.3 is 10.2 Å². The van der Waals surface area contributed by atoms with E-state index in [0.717, 1.165) is 0 Å². The third kappa shape index (κ3) is 2.45. The van der Waals surface area contributed by atoms with Crippen molar-refractivity contribution in [2.24, 2.45) is 0 Å². The van der Waals surface area contributed by atoms with Crippen molar-refractivity contribution in [1.29, 1.82) is 0 Å². The molecule has 0 unspecified atom stereocenters. The number of ketones is 1. The van der Waals surface area contributed by atoms with E-state index in [1.165, 1.54) is 12.1 Å². The fraction of sp³-hybridized carbons (Fsp3) is 0. The lowest BCUT2D eigenvalue weighted by molar-refractivity contribution is -0.243. The molecule has 0 spiro atoms. The molecule has 1 rings (SSSR count). The lowest BCUT2D eigenvalue weighted by Gasteiger charge is -2.10. The van der Waals surface area contributed by atoms with Crippen LogP contribution in [0, 0.1) is 0 Å². The lowest BCUT2D eigenvalue weighted by Crippen LogP contribution is -2.13. The highest BCUT2D eigenvalue weighted by Crippen LogP contribution is 2.06. The molecule has 1 N–H and O–H groups in total. The minimum Gasteiger partial charge on any atom is -0.872 e. The van der Waals surface area contributed by atoms with Crippen molar-refractivity contribution in [3.05, 3.63) is 42.0 Å². The molecule has 72 valence electrons. The van der Waals surface area contributed by atoms with E-state index in [0.29, 0.717) is 11.6 Å². The van der Waals surface area contributed by atoms with E-state index in [1.54, 1.807) is 18.2 Å². The van der Waals surface area contributed by atoms with Gasteiger partial charge in [-0.15, -0.1) is 0 Å². The molecule has 0 aromatic heterocycles. The van der Waals surface area contributed by atoms with Crippen LogP contribution in [0.25, 0.3) is 5.76 Å². The highest BCUT2D eigenvalue weighted by molar-refractivity contribution is 6.38. The van der Waals surface area contributed by atoms with Crippen molar-refractivity contribution in [2.45, 2.75) is 0 Å². The maximum Gasteiger partial charge on any atom is 0.376 e. The first-order chi connectivity index (χ1) is 6.61. The highest BCUT2D eigenvalue weighted by atomic mass is 16.4. The molecule has 4 nitrogen and oxygen atoms in total. The number of aliphatic carboxylic acids is 1. The van der Waals surface area contributed by atoms with Gasteiger partial charge in [-0.3, -0.25) is 4.79 Å². The average molecular weight is 191 g/mol. The van der Waals surface area contributed by atoms with E-state index in [1.807, 2.05) is 0 Å². The van der Waals surface area contributed by atoms with Crippen LogP contribution in [0.2, 0.25) is 0 Å². The van der Waals surface area contributed by atoms with Crippen molar-refractivity contribution in [2.75, 3.05) is 0 Å². The molecule has 0 aliphatic carbocycles. The van der Waals surface area contributed by atoms with E-state index in [2.05, 4.69) is 0 Å². The zero-order valence-electron chi connectivity index (χ0n) is 7.14.